The van der Waals surface area contributed by atoms with E-state index in [2.05, 4.69) is 15.9 Å². The standard InChI is InChI=1S/C19H19BrClNO3/c1-24-17-8-5-12(10-18(17)25-2)16-4-3-9-22(16)19(23)14-11-13(20)6-7-15(14)21/h5-8,10-11,16H,3-4,9H2,1-2H3/t16-/m1/s1. The summed E-state index contributed by atoms with van der Waals surface area (Å²) in [6.45, 7) is 0.709. The van der Waals surface area contributed by atoms with Crippen molar-refractivity contribution in [1.29, 1.82) is 0 Å². The van der Waals surface area contributed by atoms with E-state index >= 15 is 0 Å². The number of rotatable bonds is 4. The quantitative estimate of drug-likeness (QED) is 0.685. The highest BCUT2D eigenvalue weighted by atomic mass is 79.9. The van der Waals surface area contributed by atoms with Crippen molar-refractivity contribution in [2.24, 2.45) is 0 Å². The molecule has 1 aliphatic heterocycles. The molecule has 0 bridgehead atoms. The van der Waals surface area contributed by atoms with Crippen LogP contribution >= 0.6 is 27.5 Å². The third kappa shape index (κ3) is 3.62. The maximum Gasteiger partial charge on any atom is 0.255 e. The Morgan fingerprint density at radius 2 is 1.92 bits per heavy atom. The molecule has 1 atom stereocenters. The molecule has 1 heterocycles. The zero-order valence-corrected chi connectivity index (χ0v) is 16.4. The minimum Gasteiger partial charge on any atom is -0.493 e. The molecule has 25 heavy (non-hydrogen) atoms. The fraction of sp³-hybridized carbons (Fsp3) is 0.316. The number of benzene rings is 2. The van der Waals surface area contributed by atoms with Gasteiger partial charge in [-0.2, -0.15) is 0 Å². The van der Waals surface area contributed by atoms with Gasteiger partial charge < -0.3 is 14.4 Å². The smallest absolute Gasteiger partial charge is 0.255 e. The first-order chi connectivity index (χ1) is 12.0. The molecule has 4 nitrogen and oxygen atoms in total. The minimum atomic E-state index is -0.0522. The Bertz CT molecular complexity index is 796. The van der Waals surface area contributed by atoms with Gasteiger partial charge in [0.2, 0.25) is 0 Å². The first-order valence-corrected chi connectivity index (χ1v) is 9.20. The number of likely N-dealkylation sites (tertiary alicyclic amines) is 1. The van der Waals surface area contributed by atoms with Crippen molar-refractivity contribution < 1.29 is 14.3 Å². The summed E-state index contributed by atoms with van der Waals surface area (Å²) in [6.07, 6.45) is 1.86. The zero-order valence-electron chi connectivity index (χ0n) is 14.1. The van der Waals surface area contributed by atoms with Crippen molar-refractivity contribution >= 4 is 33.4 Å². The van der Waals surface area contributed by atoms with Crippen molar-refractivity contribution in [1.82, 2.24) is 4.90 Å². The van der Waals surface area contributed by atoms with Crippen molar-refractivity contribution in [2.75, 3.05) is 20.8 Å². The fourth-order valence-electron chi connectivity index (χ4n) is 3.23. The Hall–Kier alpha value is -1.72. The number of ether oxygens (including phenoxy) is 2. The number of halogens is 2. The van der Waals surface area contributed by atoms with E-state index in [0.29, 0.717) is 28.6 Å². The molecule has 132 valence electrons. The second-order valence-electron chi connectivity index (χ2n) is 5.90. The number of carbonyl (C=O) groups is 1. The lowest BCUT2D eigenvalue weighted by atomic mass is 10.0. The molecule has 6 heteroatoms. The Kier molecular flexibility index (Phi) is 5.54. The van der Waals surface area contributed by atoms with Crippen LogP contribution < -0.4 is 9.47 Å². The molecule has 0 N–H and O–H groups in total. The Labute approximate surface area is 160 Å². The largest absolute Gasteiger partial charge is 0.493 e. The number of amides is 1. The van der Waals surface area contributed by atoms with Crippen LogP contribution in [-0.2, 0) is 0 Å². The molecule has 1 aliphatic rings. The molecule has 3 rings (SSSR count). The van der Waals surface area contributed by atoms with Gasteiger partial charge in [0.05, 0.1) is 30.8 Å². The van der Waals surface area contributed by atoms with Gasteiger partial charge in [0.15, 0.2) is 11.5 Å². The maximum atomic E-state index is 13.0. The molecule has 0 unspecified atom stereocenters. The zero-order chi connectivity index (χ0) is 18.0. The number of methoxy groups -OCH3 is 2. The molecular formula is C19H19BrClNO3. The fourth-order valence-corrected chi connectivity index (χ4v) is 3.79. The van der Waals surface area contributed by atoms with E-state index in [-0.39, 0.29) is 11.9 Å². The van der Waals surface area contributed by atoms with Crippen LogP contribution in [-0.4, -0.2) is 31.6 Å². The maximum absolute atomic E-state index is 13.0. The number of hydrogen-bond donors (Lipinski definition) is 0. The molecule has 0 saturated carbocycles. The predicted molar refractivity (Wildman–Crippen MR) is 102 cm³/mol. The van der Waals surface area contributed by atoms with E-state index in [4.69, 9.17) is 21.1 Å². The highest BCUT2D eigenvalue weighted by molar-refractivity contribution is 9.10. The van der Waals surface area contributed by atoms with Crippen LogP contribution in [0.15, 0.2) is 40.9 Å². The van der Waals surface area contributed by atoms with E-state index in [0.717, 1.165) is 22.9 Å². The van der Waals surface area contributed by atoms with E-state index < -0.39 is 0 Å². The topological polar surface area (TPSA) is 38.8 Å². The van der Waals surface area contributed by atoms with Crippen LogP contribution in [0, 0.1) is 0 Å². The van der Waals surface area contributed by atoms with Gasteiger partial charge in [-0.3, -0.25) is 4.79 Å². The van der Waals surface area contributed by atoms with Gasteiger partial charge in [-0.15, -0.1) is 0 Å². The molecule has 2 aromatic carbocycles. The summed E-state index contributed by atoms with van der Waals surface area (Å²) in [5, 5.41) is 0.464. The van der Waals surface area contributed by atoms with Gasteiger partial charge in [0.25, 0.3) is 5.91 Å². The summed E-state index contributed by atoms with van der Waals surface area (Å²) in [5.74, 6) is 1.29. The molecule has 0 aromatic heterocycles. The van der Waals surface area contributed by atoms with Crippen molar-refractivity contribution in [3.05, 3.63) is 57.0 Å². The molecule has 1 fully saturated rings. The second kappa shape index (κ2) is 7.67. The number of nitrogens with zero attached hydrogens (tertiary/aromatic N) is 1. The van der Waals surface area contributed by atoms with E-state index in [9.17, 15) is 4.79 Å². The van der Waals surface area contributed by atoms with Crippen LogP contribution in [0.25, 0.3) is 0 Å². The molecule has 0 spiro atoms. The summed E-state index contributed by atoms with van der Waals surface area (Å²) < 4.78 is 11.5. The highest BCUT2D eigenvalue weighted by Crippen LogP contribution is 2.38. The third-order valence-electron chi connectivity index (χ3n) is 4.46. The average molecular weight is 425 g/mol. The highest BCUT2D eigenvalue weighted by Gasteiger charge is 2.32. The summed E-state index contributed by atoms with van der Waals surface area (Å²) >= 11 is 9.65. The molecular weight excluding hydrogens is 406 g/mol. The van der Waals surface area contributed by atoms with Gasteiger partial charge >= 0.3 is 0 Å². The normalized spacial score (nSPS) is 16.8. The third-order valence-corrected chi connectivity index (χ3v) is 5.29. The monoisotopic (exact) mass is 423 g/mol. The van der Waals surface area contributed by atoms with Crippen molar-refractivity contribution in [2.45, 2.75) is 18.9 Å². The molecule has 0 aliphatic carbocycles. The first-order valence-electron chi connectivity index (χ1n) is 8.03. The first kappa shape index (κ1) is 18.1. The summed E-state index contributed by atoms with van der Waals surface area (Å²) in [5.41, 5.74) is 1.55. The number of carbonyl (C=O) groups excluding carboxylic acids is 1. The lowest BCUT2D eigenvalue weighted by Gasteiger charge is -2.26. The van der Waals surface area contributed by atoms with Crippen LogP contribution in [0.2, 0.25) is 5.02 Å². The number of hydrogen-bond acceptors (Lipinski definition) is 3. The summed E-state index contributed by atoms with van der Waals surface area (Å²) in [6, 6.07) is 11.1. The Morgan fingerprint density at radius 1 is 1.16 bits per heavy atom. The molecule has 1 saturated heterocycles. The van der Waals surface area contributed by atoms with Crippen molar-refractivity contribution in [3.8, 4) is 11.5 Å². The van der Waals surface area contributed by atoms with E-state index in [1.165, 1.54) is 0 Å². The van der Waals surface area contributed by atoms with Crippen LogP contribution in [0.5, 0.6) is 11.5 Å². The second-order valence-corrected chi connectivity index (χ2v) is 7.22. The Balaban J connectivity index is 1.92. The van der Waals surface area contributed by atoms with Crippen LogP contribution in [0.3, 0.4) is 0 Å². The van der Waals surface area contributed by atoms with Crippen LogP contribution in [0.4, 0.5) is 0 Å². The summed E-state index contributed by atoms with van der Waals surface area (Å²) in [4.78, 5) is 14.9. The van der Waals surface area contributed by atoms with Gasteiger partial charge in [-0.1, -0.05) is 33.6 Å². The predicted octanol–water partition coefficient (Wildman–Crippen LogP) is 5.10. The van der Waals surface area contributed by atoms with E-state index in [1.807, 2.05) is 29.2 Å². The minimum absolute atomic E-state index is 0.00218. The Morgan fingerprint density at radius 3 is 2.64 bits per heavy atom. The van der Waals surface area contributed by atoms with Gasteiger partial charge in [-0.05, 0) is 48.7 Å². The molecule has 0 radical (unpaired) electrons. The summed E-state index contributed by atoms with van der Waals surface area (Å²) in [7, 11) is 3.22. The lowest BCUT2D eigenvalue weighted by Crippen LogP contribution is -2.30. The average Bonchev–Trinajstić information content (AvgIpc) is 3.12. The van der Waals surface area contributed by atoms with Crippen LogP contribution in [0.1, 0.15) is 34.8 Å². The SMILES string of the molecule is COc1ccc([C@H]2CCCN2C(=O)c2cc(Br)ccc2Cl)cc1OC. The van der Waals surface area contributed by atoms with Gasteiger partial charge in [0, 0.05) is 11.0 Å². The molecule has 2 aromatic rings. The van der Waals surface area contributed by atoms with E-state index in [1.54, 1.807) is 26.4 Å². The van der Waals surface area contributed by atoms with Gasteiger partial charge in [0.1, 0.15) is 0 Å². The van der Waals surface area contributed by atoms with Crippen molar-refractivity contribution in [3.63, 3.8) is 0 Å². The van der Waals surface area contributed by atoms with Gasteiger partial charge in [-0.25, -0.2) is 0 Å². The molecule has 1 amide bonds. The lowest BCUT2D eigenvalue weighted by molar-refractivity contribution is 0.0735.